The highest BCUT2D eigenvalue weighted by Gasteiger charge is 2.17. The van der Waals surface area contributed by atoms with Gasteiger partial charge >= 0.3 is 0 Å². The van der Waals surface area contributed by atoms with Gasteiger partial charge in [0, 0.05) is 17.1 Å². The van der Waals surface area contributed by atoms with Crippen molar-refractivity contribution in [2.24, 2.45) is 0 Å². The molecule has 5 nitrogen and oxygen atoms in total. The fraction of sp³-hybridized carbons (Fsp3) is 0.350. The van der Waals surface area contributed by atoms with Crippen molar-refractivity contribution in [1.82, 2.24) is 9.55 Å². The van der Waals surface area contributed by atoms with Crippen LogP contribution >= 0.6 is 23.1 Å². The zero-order chi connectivity index (χ0) is 19.7. The van der Waals surface area contributed by atoms with E-state index in [2.05, 4.69) is 10.3 Å². The monoisotopic (exact) mass is 401 g/mol. The molecule has 0 aliphatic heterocycles. The molecule has 0 unspecified atom stereocenters. The van der Waals surface area contributed by atoms with Crippen LogP contribution in [0.4, 0.5) is 5.69 Å². The van der Waals surface area contributed by atoms with Gasteiger partial charge in [-0.25, -0.2) is 4.98 Å². The van der Waals surface area contributed by atoms with Crippen LogP contribution in [0, 0.1) is 27.7 Å². The number of hydrogen-bond acceptors (Lipinski definition) is 5. The summed E-state index contributed by atoms with van der Waals surface area (Å²) in [5.74, 6) is 0.0942. The van der Waals surface area contributed by atoms with Gasteiger partial charge in [-0.3, -0.25) is 14.2 Å². The summed E-state index contributed by atoms with van der Waals surface area (Å²) >= 11 is 2.83. The molecular formula is C20H23N3O2S2. The van der Waals surface area contributed by atoms with E-state index in [4.69, 9.17) is 0 Å². The molecule has 142 valence electrons. The number of carbonyl (C=O) groups excluding carboxylic acids is 1. The number of nitrogens with zero attached hydrogens (tertiary/aromatic N) is 2. The average Bonchev–Trinajstić information content (AvgIpc) is 2.90. The summed E-state index contributed by atoms with van der Waals surface area (Å²) in [6.07, 6.45) is 0. The number of hydrogen-bond donors (Lipinski definition) is 1. The second-order valence-electron chi connectivity index (χ2n) is 6.56. The Balaban J connectivity index is 1.82. The number of carbonyl (C=O) groups is 1. The number of amides is 1. The molecule has 7 heteroatoms. The summed E-state index contributed by atoms with van der Waals surface area (Å²) < 4.78 is 1.65. The maximum absolute atomic E-state index is 12.8. The first-order chi connectivity index (χ1) is 12.8. The van der Waals surface area contributed by atoms with Gasteiger partial charge in [-0.2, -0.15) is 0 Å². The van der Waals surface area contributed by atoms with Crippen LogP contribution < -0.4 is 10.9 Å². The Kier molecular flexibility index (Phi) is 5.72. The fourth-order valence-corrected chi connectivity index (χ4v) is 4.90. The van der Waals surface area contributed by atoms with Gasteiger partial charge in [0.25, 0.3) is 5.56 Å². The van der Waals surface area contributed by atoms with Gasteiger partial charge < -0.3 is 5.32 Å². The van der Waals surface area contributed by atoms with E-state index < -0.39 is 0 Å². The van der Waals surface area contributed by atoms with Crippen molar-refractivity contribution in [3.05, 3.63) is 50.1 Å². The standard InChI is InChI=1S/C20H23N3O2S2/c1-6-23-19(25)17-13(4)14(5)27-18(17)22-20(23)26-10-16(24)21-15-8-7-11(2)9-12(15)3/h7-9H,6,10H2,1-5H3,(H,21,24). The molecule has 1 amide bonds. The molecule has 2 heterocycles. The molecule has 0 aliphatic carbocycles. The summed E-state index contributed by atoms with van der Waals surface area (Å²) in [5, 5.41) is 4.23. The molecule has 0 atom stereocenters. The van der Waals surface area contributed by atoms with E-state index in [-0.39, 0.29) is 17.2 Å². The minimum absolute atomic E-state index is 0.0263. The number of rotatable bonds is 5. The van der Waals surface area contributed by atoms with E-state index in [1.54, 1.807) is 4.57 Å². The number of anilines is 1. The molecule has 0 spiro atoms. The molecule has 0 saturated carbocycles. The van der Waals surface area contributed by atoms with E-state index in [1.807, 2.05) is 52.8 Å². The van der Waals surface area contributed by atoms with Gasteiger partial charge in [0.15, 0.2) is 5.16 Å². The molecule has 3 aromatic rings. The lowest BCUT2D eigenvalue weighted by molar-refractivity contribution is -0.113. The number of aromatic nitrogens is 2. The van der Waals surface area contributed by atoms with E-state index in [0.717, 1.165) is 32.1 Å². The lowest BCUT2D eigenvalue weighted by atomic mass is 10.1. The Morgan fingerprint density at radius 1 is 1.26 bits per heavy atom. The highest BCUT2D eigenvalue weighted by Crippen LogP contribution is 2.28. The first kappa shape index (κ1) is 19.6. The Morgan fingerprint density at radius 3 is 2.67 bits per heavy atom. The minimum atomic E-state index is -0.109. The quantitative estimate of drug-likeness (QED) is 0.507. The van der Waals surface area contributed by atoms with Gasteiger partial charge in [0.05, 0.1) is 11.1 Å². The van der Waals surface area contributed by atoms with Crippen molar-refractivity contribution in [2.45, 2.75) is 46.3 Å². The van der Waals surface area contributed by atoms with Crippen molar-refractivity contribution >= 4 is 44.9 Å². The molecule has 27 heavy (non-hydrogen) atoms. The van der Waals surface area contributed by atoms with Crippen LogP contribution in [-0.2, 0) is 11.3 Å². The molecule has 0 saturated heterocycles. The predicted molar refractivity (Wildman–Crippen MR) is 114 cm³/mol. The van der Waals surface area contributed by atoms with Gasteiger partial charge in [-0.05, 0) is 51.8 Å². The molecule has 3 rings (SSSR count). The number of aryl methyl sites for hydroxylation is 4. The first-order valence-electron chi connectivity index (χ1n) is 8.82. The molecule has 0 aliphatic rings. The van der Waals surface area contributed by atoms with E-state index in [1.165, 1.54) is 23.1 Å². The third kappa shape index (κ3) is 3.94. The molecule has 0 radical (unpaired) electrons. The smallest absolute Gasteiger partial charge is 0.263 e. The van der Waals surface area contributed by atoms with Gasteiger partial charge in [-0.1, -0.05) is 29.5 Å². The predicted octanol–water partition coefficient (Wildman–Crippen LogP) is 4.44. The van der Waals surface area contributed by atoms with E-state index in [0.29, 0.717) is 17.1 Å². The number of thiophene rings is 1. The Bertz CT molecular complexity index is 1080. The van der Waals surface area contributed by atoms with Crippen molar-refractivity contribution in [2.75, 3.05) is 11.1 Å². The average molecular weight is 402 g/mol. The van der Waals surface area contributed by atoms with Gasteiger partial charge in [0.2, 0.25) is 5.91 Å². The molecule has 0 bridgehead atoms. The van der Waals surface area contributed by atoms with Crippen LogP contribution in [-0.4, -0.2) is 21.2 Å². The molecule has 0 fully saturated rings. The Hall–Kier alpha value is -2.12. The van der Waals surface area contributed by atoms with Crippen LogP contribution in [0.15, 0.2) is 28.2 Å². The van der Waals surface area contributed by atoms with E-state index in [9.17, 15) is 9.59 Å². The zero-order valence-corrected chi connectivity index (χ0v) is 17.8. The van der Waals surface area contributed by atoms with Crippen molar-refractivity contribution in [3.8, 4) is 0 Å². The molecular weight excluding hydrogens is 378 g/mol. The van der Waals surface area contributed by atoms with Crippen molar-refractivity contribution in [3.63, 3.8) is 0 Å². The van der Waals surface area contributed by atoms with Crippen molar-refractivity contribution in [1.29, 1.82) is 0 Å². The lowest BCUT2D eigenvalue weighted by Gasteiger charge is -2.11. The maximum atomic E-state index is 12.8. The number of fused-ring (bicyclic) bond motifs is 1. The Labute approximate surface area is 166 Å². The molecule has 1 N–H and O–H groups in total. The summed E-state index contributed by atoms with van der Waals surface area (Å²) in [6.45, 7) is 10.4. The SMILES string of the molecule is CCn1c(SCC(=O)Nc2ccc(C)cc2C)nc2sc(C)c(C)c2c1=O. The highest BCUT2D eigenvalue weighted by atomic mass is 32.2. The van der Waals surface area contributed by atoms with Crippen LogP contribution in [0.2, 0.25) is 0 Å². The van der Waals surface area contributed by atoms with Gasteiger partial charge in [0.1, 0.15) is 4.83 Å². The second kappa shape index (κ2) is 7.86. The summed E-state index contributed by atoms with van der Waals surface area (Å²) in [7, 11) is 0. The summed E-state index contributed by atoms with van der Waals surface area (Å²) in [6, 6.07) is 5.92. The highest BCUT2D eigenvalue weighted by molar-refractivity contribution is 7.99. The first-order valence-corrected chi connectivity index (χ1v) is 10.6. The normalized spacial score (nSPS) is 11.1. The topological polar surface area (TPSA) is 64.0 Å². The third-order valence-electron chi connectivity index (χ3n) is 4.56. The number of benzene rings is 1. The summed E-state index contributed by atoms with van der Waals surface area (Å²) in [4.78, 5) is 31.7. The van der Waals surface area contributed by atoms with Crippen LogP contribution in [0.25, 0.3) is 10.2 Å². The van der Waals surface area contributed by atoms with Crippen molar-refractivity contribution < 1.29 is 4.79 Å². The fourth-order valence-electron chi connectivity index (χ4n) is 2.97. The Morgan fingerprint density at radius 2 is 2.00 bits per heavy atom. The maximum Gasteiger partial charge on any atom is 0.263 e. The third-order valence-corrected chi connectivity index (χ3v) is 6.64. The van der Waals surface area contributed by atoms with E-state index >= 15 is 0 Å². The number of nitrogens with one attached hydrogen (secondary N) is 1. The largest absolute Gasteiger partial charge is 0.325 e. The minimum Gasteiger partial charge on any atom is -0.325 e. The van der Waals surface area contributed by atoms with Crippen LogP contribution in [0.3, 0.4) is 0 Å². The van der Waals surface area contributed by atoms with Gasteiger partial charge in [-0.15, -0.1) is 11.3 Å². The molecule has 1 aromatic carbocycles. The van der Waals surface area contributed by atoms with Crippen LogP contribution in [0.1, 0.15) is 28.5 Å². The lowest BCUT2D eigenvalue weighted by Crippen LogP contribution is -2.23. The van der Waals surface area contributed by atoms with Crippen LogP contribution in [0.5, 0.6) is 0 Å². The number of thioether (sulfide) groups is 1. The zero-order valence-electron chi connectivity index (χ0n) is 16.2. The summed E-state index contributed by atoms with van der Waals surface area (Å²) in [5.41, 5.74) is 3.97. The molecule has 2 aromatic heterocycles. The second-order valence-corrected chi connectivity index (χ2v) is 8.71.